The van der Waals surface area contributed by atoms with Crippen LogP contribution in [0.4, 0.5) is 11.5 Å². The maximum atomic E-state index is 6.32. The van der Waals surface area contributed by atoms with E-state index >= 15 is 0 Å². The number of hydrogen-bond donors (Lipinski definition) is 2. The zero-order valence-corrected chi connectivity index (χ0v) is 18.6. The van der Waals surface area contributed by atoms with Crippen LogP contribution >= 0.6 is 0 Å². The third-order valence-corrected chi connectivity index (χ3v) is 6.52. The number of nitrogens with two attached hydrogens (primary N) is 2. The third kappa shape index (κ3) is 3.52. The van der Waals surface area contributed by atoms with Crippen molar-refractivity contribution in [3.8, 4) is 11.5 Å². The highest BCUT2D eigenvalue weighted by atomic mass is 16.5. The molecule has 1 aliphatic rings. The van der Waals surface area contributed by atoms with Gasteiger partial charge in [0.25, 0.3) is 0 Å². The van der Waals surface area contributed by atoms with Gasteiger partial charge >= 0.3 is 0 Å². The number of rotatable bonds is 5. The molecule has 3 heterocycles. The minimum Gasteiger partial charge on any atom is -0.493 e. The number of pyridine rings is 2. The fourth-order valence-electron chi connectivity index (χ4n) is 4.67. The Hall–Kier alpha value is -3.32. The minimum atomic E-state index is 0.441. The SMILES string of the molecule is COc1cc2c(cc1OCCN1CCCCC1)ncc1c(N)nc3c(C)c(N)ccc3c12. The molecule has 2 aromatic carbocycles. The lowest BCUT2D eigenvalue weighted by molar-refractivity contribution is 0.181. The van der Waals surface area contributed by atoms with Gasteiger partial charge in [-0.3, -0.25) is 9.88 Å². The number of aryl methyl sites for hydroxylation is 1. The number of nitrogens with zero attached hydrogens (tertiary/aromatic N) is 3. The molecule has 0 radical (unpaired) electrons. The standard InChI is InChI=1S/C25H29N5O2/c1-15-19(26)7-6-16-23-17-12-21(31-2)22(32-11-10-30-8-4-3-5-9-30)13-20(17)28-14-18(23)25(27)29-24(15)16/h6-7,12-14H,3-5,8-11,26H2,1-2H3,(H2,27,29). The van der Waals surface area contributed by atoms with Crippen LogP contribution in [0.2, 0.25) is 0 Å². The molecule has 0 spiro atoms. The summed E-state index contributed by atoms with van der Waals surface area (Å²) in [7, 11) is 1.66. The van der Waals surface area contributed by atoms with Crippen molar-refractivity contribution in [2.45, 2.75) is 26.2 Å². The normalized spacial score (nSPS) is 14.9. The van der Waals surface area contributed by atoms with Gasteiger partial charge in [0.15, 0.2) is 11.5 Å². The van der Waals surface area contributed by atoms with Crippen molar-refractivity contribution in [2.24, 2.45) is 0 Å². The number of ether oxygens (including phenoxy) is 2. The van der Waals surface area contributed by atoms with Crippen molar-refractivity contribution in [2.75, 3.05) is 44.8 Å². The lowest BCUT2D eigenvalue weighted by Crippen LogP contribution is -2.33. The molecule has 0 atom stereocenters. The van der Waals surface area contributed by atoms with E-state index in [0.29, 0.717) is 29.6 Å². The average molecular weight is 432 g/mol. The highest BCUT2D eigenvalue weighted by molar-refractivity contribution is 6.21. The first-order chi connectivity index (χ1) is 15.6. The molecule has 1 aliphatic heterocycles. The molecular weight excluding hydrogens is 402 g/mol. The zero-order chi connectivity index (χ0) is 22.2. The smallest absolute Gasteiger partial charge is 0.163 e. The van der Waals surface area contributed by atoms with E-state index < -0.39 is 0 Å². The molecule has 166 valence electrons. The van der Waals surface area contributed by atoms with Crippen LogP contribution in [-0.2, 0) is 0 Å². The van der Waals surface area contributed by atoms with Gasteiger partial charge in [0.05, 0.1) is 18.1 Å². The Balaban J connectivity index is 1.60. The van der Waals surface area contributed by atoms with Crippen molar-refractivity contribution >= 4 is 44.1 Å². The molecule has 32 heavy (non-hydrogen) atoms. The van der Waals surface area contributed by atoms with E-state index in [0.717, 1.165) is 57.8 Å². The van der Waals surface area contributed by atoms with Crippen molar-refractivity contribution < 1.29 is 9.47 Å². The highest BCUT2D eigenvalue weighted by Crippen LogP contribution is 2.39. The van der Waals surface area contributed by atoms with Crippen LogP contribution in [0.5, 0.6) is 11.5 Å². The average Bonchev–Trinajstić information content (AvgIpc) is 2.81. The lowest BCUT2D eigenvalue weighted by atomic mass is 9.99. The maximum Gasteiger partial charge on any atom is 0.163 e. The molecular formula is C25H29N5O2. The second-order valence-corrected chi connectivity index (χ2v) is 8.49. The van der Waals surface area contributed by atoms with E-state index in [2.05, 4.69) is 14.9 Å². The molecule has 0 bridgehead atoms. The van der Waals surface area contributed by atoms with Crippen LogP contribution in [-0.4, -0.2) is 48.2 Å². The first-order valence-electron chi connectivity index (χ1n) is 11.2. The summed E-state index contributed by atoms with van der Waals surface area (Å²) < 4.78 is 11.8. The topological polar surface area (TPSA) is 99.5 Å². The molecule has 0 unspecified atom stereocenters. The number of methoxy groups -OCH3 is 1. The highest BCUT2D eigenvalue weighted by Gasteiger charge is 2.17. The minimum absolute atomic E-state index is 0.441. The summed E-state index contributed by atoms with van der Waals surface area (Å²) >= 11 is 0. The molecule has 1 fully saturated rings. The molecule has 0 amide bonds. The predicted molar refractivity (Wildman–Crippen MR) is 130 cm³/mol. The van der Waals surface area contributed by atoms with Crippen LogP contribution < -0.4 is 20.9 Å². The number of hydrogen-bond acceptors (Lipinski definition) is 7. The van der Waals surface area contributed by atoms with Gasteiger partial charge in [0, 0.05) is 46.0 Å². The molecule has 1 saturated heterocycles. The molecule has 7 nitrogen and oxygen atoms in total. The number of anilines is 2. The molecule has 4 aromatic rings. The van der Waals surface area contributed by atoms with Crippen molar-refractivity contribution in [3.63, 3.8) is 0 Å². The Labute approximate surface area is 187 Å². The summed E-state index contributed by atoms with van der Waals surface area (Å²) in [5.74, 6) is 1.83. The Bertz CT molecular complexity index is 1310. The van der Waals surface area contributed by atoms with Crippen molar-refractivity contribution in [1.29, 1.82) is 0 Å². The number of fused-ring (bicyclic) bond motifs is 5. The maximum absolute atomic E-state index is 6.32. The molecule has 5 rings (SSSR count). The fraction of sp³-hybridized carbons (Fsp3) is 0.360. The van der Waals surface area contributed by atoms with Gasteiger partial charge in [0.2, 0.25) is 0 Å². The summed E-state index contributed by atoms with van der Waals surface area (Å²) in [6.07, 6.45) is 5.66. The first-order valence-corrected chi connectivity index (χ1v) is 11.2. The number of benzene rings is 2. The Morgan fingerprint density at radius 3 is 2.59 bits per heavy atom. The number of likely N-dealkylation sites (tertiary alicyclic amines) is 1. The number of nitrogen functional groups attached to an aromatic ring is 2. The zero-order valence-electron chi connectivity index (χ0n) is 18.6. The Morgan fingerprint density at radius 1 is 1.00 bits per heavy atom. The molecule has 0 saturated carbocycles. The van der Waals surface area contributed by atoms with E-state index in [4.69, 9.17) is 20.9 Å². The fourth-order valence-corrected chi connectivity index (χ4v) is 4.67. The molecule has 7 heteroatoms. The molecule has 2 aromatic heterocycles. The second-order valence-electron chi connectivity index (χ2n) is 8.49. The van der Waals surface area contributed by atoms with Crippen LogP contribution in [0.25, 0.3) is 32.6 Å². The van der Waals surface area contributed by atoms with E-state index in [1.54, 1.807) is 13.3 Å². The monoisotopic (exact) mass is 431 g/mol. The van der Waals surface area contributed by atoms with Crippen molar-refractivity contribution in [1.82, 2.24) is 14.9 Å². The predicted octanol–water partition coefficient (Wildman–Crippen LogP) is 4.28. The molecule has 0 aliphatic carbocycles. The third-order valence-electron chi connectivity index (χ3n) is 6.52. The van der Waals surface area contributed by atoms with E-state index in [1.165, 1.54) is 19.3 Å². The summed E-state index contributed by atoms with van der Waals surface area (Å²) in [6.45, 7) is 5.80. The van der Waals surface area contributed by atoms with Gasteiger partial charge in [0.1, 0.15) is 12.4 Å². The summed E-state index contributed by atoms with van der Waals surface area (Å²) in [5, 5.41) is 3.76. The quantitative estimate of drug-likeness (QED) is 0.359. The second kappa shape index (κ2) is 8.31. The van der Waals surface area contributed by atoms with Crippen LogP contribution in [0.3, 0.4) is 0 Å². The largest absolute Gasteiger partial charge is 0.493 e. The van der Waals surface area contributed by atoms with Gasteiger partial charge in [-0.1, -0.05) is 12.5 Å². The van der Waals surface area contributed by atoms with Crippen LogP contribution in [0, 0.1) is 6.92 Å². The van der Waals surface area contributed by atoms with Crippen LogP contribution in [0.15, 0.2) is 30.5 Å². The van der Waals surface area contributed by atoms with Gasteiger partial charge in [-0.25, -0.2) is 4.98 Å². The van der Waals surface area contributed by atoms with E-state index in [9.17, 15) is 0 Å². The van der Waals surface area contributed by atoms with E-state index in [1.807, 2.05) is 31.2 Å². The van der Waals surface area contributed by atoms with Gasteiger partial charge < -0.3 is 20.9 Å². The summed E-state index contributed by atoms with van der Waals surface area (Å²) in [6, 6.07) is 7.86. The Kier molecular flexibility index (Phi) is 5.35. The summed E-state index contributed by atoms with van der Waals surface area (Å²) in [4.78, 5) is 11.7. The summed E-state index contributed by atoms with van der Waals surface area (Å²) in [5.41, 5.74) is 15.7. The number of piperidine rings is 1. The van der Waals surface area contributed by atoms with Gasteiger partial charge in [-0.05, 0) is 50.6 Å². The molecule has 4 N–H and O–H groups in total. The lowest BCUT2D eigenvalue weighted by Gasteiger charge is -2.26. The van der Waals surface area contributed by atoms with E-state index in [-0.39, 0.29) is 0 Å². The van der Waals surface area contributed by atoms with Crippen molar-refractivity contribution in [3.05, 3.63) is 36.0 Å². The first kappa shape index (κ1) is 20.6. The number of aromatic nitrogens is 2. The van der Waals surface area contributed by atoms with Crippen LogP contribution in [0.1, 0.15) is 24.8 Å². The van der Waals surface area contributed by atoms with Gasteiger partial charge in [-0.15, -0.1) is 0 Å². The Morgan fingerprint density at radius 2 is 1.81 bits per heavy atom. The van der Waals surface area contributed by atoms with Gasteiger partial charge in [-0.2, -0.15) is 0 Å².